The van der Waals surface area contributed by atoms with Gasteiger partial charge >= 0.3 is 0 Å². The molecule has 0 unspecified atom stereocenters. The number of methoxy groups -OCH3 is 2. The molecule has 7 nitrogen and oxygen atoms in total. The summed E-state index contributed by atoms with van der Waals surface area (Å²) in [5, 5.41) is 11.4. The minimum Gasteiger partial charge on any atom is -0.493 e. The van der Waals surface area contributed by atoms with Crippen LogP contribution in [0.4, 0.5) is 0 Å². The smallest absolute Gasteiger partial charge is 0.230 e. The Balaban J connectivity index is 2.18. The summed E-state index contributed by atoms with van der Waals surface area (Å²) in [6.07, 6.45) is 0.650. The van der Waals surface area contributed by atoms with Gasteiger partial charge in [0.1, 0.15) is 5.84 Å². The van der Waals surface area contributed by atoms with Crippen LogP contribution in [-0.4, -0.2) is 42.6 Å². The van der Waals surface area contributed by atoms with Crippen molar-refractivity contribution in [2.24, 2.45) is 10.9 Å². The van der Waals surface area contributed by atoms with Crippen molar-refractivity contribution in [2.45, 2.75) is 19.4 Å². The maximum atomic E-state index is 12.1. The van der Waals surface area contributed by atoms with Gasteiger partial charge in [-0.05, 0) is 29.7 Å². The van der Waals surface area contributed by atoms with Crippen LogP contribution in [0.5, 0.6) is 11.5 Å². The molecule has 1 amide bonds. The summed E-state index contributed by atoms with van der Waals surface area (Å²) in [6, 6.07) is 3.83. The van der Waals surface area contributed by atoms with Gasteiger partial charge in [-0.25, -0.2) is 0 Å². The topological polar surface area (TPSA) is 97.4 Å². The maximum Gasteiger partial charge on any atom is 0.230 e. The molecule has 0 radical (unpaired) electrons. The lowest BCUT2D eigenvalue weighted by atomic mass is 9.98. The highest BCUT2D eigenvalue weighted by Crippen LogP contribution is 2.33. The van der Waals surface area contributed by atoms with E-state index in [-0.39, 0.29) is 18.2 Å². The van der Waals surface area contributed by atoms with Crippen LogP contribution in [-0.2, 0) is 17.8 Å². The average Bonchev–Trinajstić information content (AvgIpc) is 2.52. The van der Waals surface area contributed by atoms with Gasteiger partial charge in [-0.15, -0.1) is 0 Å². The molecule has 0 saturated carbocycles. The lowest BCUT2D eigenvalue weighted by molar-refractivity contribution is -0.130. The fourth-order valence-corrected chi connectivity index (χ4v) is 2.40. The van der Waals surface area contributed by atoms with Crippen molar-refractivity contribution in [2.75, 3.05) is 20.8 Å². The van der Waals surface area contributed by atoms with E-state index in [1.165, 1.54) is 0 Å². The highest BCUT2D eigenvalue weighted by atomic mass is 16.5. The summed E-state index contributed by atoms with van der Waals surface area (Å²) in [6.45, 7) is 1.08. The van der Waals surface area contributed by atoms with Crippen LogP contribution in [0.1, 0.15) is 17.5 Å². The molecule has 0 fully saturated rings. The summed E-state index contributed by atoms with van der Waals surface area (Å²) < 4.78 is 10.6. The largest absolute Gasteiger partial charge is 0.493 e. The van der Waals surface area contributed by atoms with E-state index in [4.69, 9.17) is 20.4 Å². The molecule has 114 valence electrons. The third kappa shape index (κ3) is 3.18. The Morgan fingerprint density at radius 3 is 2.52 bits per heavy atom. The predicted octanol–water partition coefficient (Wildman–Crippen LogP) is 0.725. The number of ether oxygens (including phenoxy) is 2. The molecule has 1 aromatic carbocycles. The third-order valence-corrected chi connectivity index (χ3v) is 3.53. The number of hydrogen-bond donors (Lipinski definition) is 2. The summed E-state index contributed by atoms with van der Waals surface area (Å²) in [7, 11) is 3.17. The summed E-state index contributed by atoms with van der Waals surface area (Å²) in [5.41, 5.74) is 7.53. The first-order valence-electron chi connectivity index (χ1n) is 6.57. The van der Waals surface area contributed by atoms with Gasteiger partial charge in [0, 0.05) is 13.1 Å². The molecule has 0 spiro atoms. The summed E-state index contributed by atoms with van der Waals surface area (Å²) >= 11 is 0. The molecular formula is C14H19N3O4. The Morgan fingerprint density at radius 1 is 1.33 bits per heavy atom. The van der Waals surface area contributed by atoms with Crippen LogP contribution >= 0.6 is 0 Å². The second kappa shape index (κ2) is 6.34. The molecule has 1 aromatic rings. The van der Waals surface area contributed by atoms with E-state index in [9.17, 15) is 4.79 Å². The van der Waals surface area contributed by atoms with Gasteiger partial charge in [-0.3, -0.25) is 4.79 Å². The van der Waals surface area contributed by atoms with Gasteiger partial charge in [-0.1, -0.05) is 5.16 Å². The number of carbonyl (C=O) groups is 1. The van der Waals surface area contributed by atoms with Crippen LogP contribution in [0.25, 0.3) is 0 Å². The van der Waals surface area contributed by atoms with E-state index in [2.05, 4.69) is 5.16 Å². The number of carbonyl (C=O) groups excluding carboxylic acids is 1. The number of nitrogens with zero attached hydrogens (tertiary/aromatic N) is 2. The Morgan fingerprint density at radius 2 is 1.95 bits per heavy atom. The molecular weight excluding hydrogens is 274 g/mol. The van der Waals surface area contributed by atoms with E-state index in [0.29, 0.717) is 24.6 Å². The zero-order valence-corrected chi connectivity index (χ0v) is 12.1. The number of oxime groups is 1. The number of benzene rings is 1. The van der Waals surface area contributed by atoms with Crippen LogP contribution in [0.2, 0.25) is 0 Å². The van der Waals surface area contributed by atoms with Gasteiger partial charge in [0.05, 0.1) is 20.6 Å². The minimum absolute atomic E-state index is 0.0842. The maximum absolute atomic E-state index is 12.1. The molecule has 0 aliphatic carbocycles. The van der Waals surface area contributed by atoms with Crippen LogP contribution in [0.3, 0.4) is 0 Å². The van der Waals surface area contributed by atoms with Gasteiger partial charge in [0.25, 0.3) is 0 Å². The fourth-order valence-electron chi connectivity index (χ4n) is 2.40. The van der Waals surface area contributed by atoms with Crippen molar-refractivity contribution >= 4 is 11.7 Å². The van der Waals surface area contributed by atoms with Gasteiger partial charge in [0.2, 0.25) is 5.91 Å². The van der Waals surface area contributed by atoms with Gasteiger partial charge in [0.15, 0.2) is 11.5 Å². The number of amidine groups is 1. The second-order valence-corrected chi connectivity index (χ2v) is 4.81. The summed E-state index contributed by atoms with van der Waals surface area (Å²) in [4.78, 5) is 13.7. The second-order valence-electron chi connectivity index (χ2n) is 4.81. The molecule has 1 aliphatic rings. The molecule has 0 aromatic heterocycles. The SMILES string of the molecule is COc1cc2c(cc1OC)CN(C(=O)C/C(N)=N/O)CC2. The van der Waals surface area contributed by atoms with E-state index >= 15 is 0 Å². The zero-order valence-electron chi connectivity index (χ0n) is 12.1. The molecule has 0 saturated heterocycles. The average molecular weight is 293 g/mol. The van der Waals surface area contributed by atoms with Gasteiger partial charge < -0.3 is 25.3 Å². The lowest BCUT2D eigenvalue weighted by Crippen LogP contribution is -2.38. The predicted molar refractivity (Wildman–Crippen MR) is 76.7 cm³/mol. The first kappa shape index (κ1) is 15.0. The molecule has 1 heterocycles. The third-order valence-electron chi connectivity index (χ3n) is 3.53. The zero-order chi connectivity index (χ0) is 15.4. The molecule has 21 heavy (non-hydrogen) atoms. The van der Waals surface area contributed by atoms with Crippen molar-refractivity contribution in [1.29, 1.82) is 0 Å². The Labute approximate surface area is 122 Å². The standard InChI is InChI=1S/C14H19N3O4/c1-20-11-5-9-3-4-17(14(18)7-13(15)16-19)8-10(9)6-12(11)21-2/h5-6,19H,3-4,7-8H2,1-2H3,(H2,15,16). The van der Waals surface area contributed by atoms with Crippen molar-refractivity contribution in [3.8, 4) is 11.5 Å². The van der Waals surface area contributed by atoms with Crippen LogP contribution in [0, 0.1) is 0 Å². The fraction of sp³-hybridized carbons (Fsp3) is 0.429. The lowest BCUT2D eigenvalue weighted by Gasteiger charge is -2.29. The van der Waals surface area contributed by atoms with E-state index in [1.807, 2.05) is 12.1 Å². The molecule has 7 heteroatoms. The van der Waals surface area contributed by atoms with Crippen LogP contribution in [0.15, 0.2) is 17.3 Å². The van der Waals surface area contributed by atoms with Crippen molar-refractivity contribution in [3.63, 3.8) is 0 Å². The first-order valence-corrected chi connectivity index (χ1v) is 6.57. The number of nitrogens with two attached hydrogens (primary N) is 1. The first-order chi connectivity index (χ1) is 10.1. The van der Waals surface area contributed by atoms with E-state index in [0.717, 1.165) is 17.5 Å². The number of rotatable bonds is 4. The normalized spacial score (nSPS) is 14.6. The highest BCUT2D eigenvalue weighted by Gasteiger charge is 2.23. The van der Waals surface area contributed by atoms with Gasteiger partial charge in [-0.2, -0.15) is 0 Å². The van der Waals surface area contributed by atoms with E-state index < -0.39 is 0 Å². The minimum atomic E-state index is -0.161. The summed E-state index contributed by atoms with van der Waals surface area (Å²) in [5.74, 6) is 1.08. The van der Waals surface area contributed by atoms with Crippen LogP contribution < -0.4 is 15.2 Å². The molecule has 0 atom stereocenters. The van der Waals surface area contributed by atoms with Crippen molar-refractivity contribution in [1.82, 2.24) is 4.90 Å². The Kier molecular flexibility index (Phi) is 4.52. The molecule has 3 N–H and O–H groups in total. The quantitative estimate of drug-likeness (QED) is 0.369. The molecule has 2 rings (SSSR count). The Hall–Kier alpha value is -2.44. The number of amides is 1. The highest BCUT2D eigenvalue weighted by molar-refractivity contribution is 5.98. The van der Waals surface area contributed by atoms with Crippen molar-refractivity contribution in [3.05, 3.63) is 23.3 Å². The molecule has 0 bridgehead atoms. The monoisotopic (exact) mass is 293 g/mol. The number of fused-ring (bicyclic) bond motifs is 1. The number of hydrogen-bond acceptors (Lipinski definition) is 5. The Bertz CT molecular complexity index is 572. The molecule has 1 aliphatic heterocycles. The van der Waals surface area contributed by atoms with Crippen molar-refractivity contribution < 1.29 is 19.5 Å². The van der Waals surface area contributed by atoms with E-state index in [1.54, 1.807) is 19.1 Å².